The lowest BCUT2D eigenvalue weighted by molar-refractivity contribution is 0.130. The van der Waals surface area contributed by atoms with Gasteiger partial charge in [-0.05, 0) is 19.1 Å². The second kappa shape index (κ2) is 7.03. The average molecular weight is 256 g/mol. The largest absolute Gasteiger partial charge is 0.467 e. The van der Waals surface area contributed by atoms with Crippen molar-refractivity contribution in [3.8, 4) is 0 Å². The fourth-order valence-corrected chi connectivity index (χ4v) is 1.59. The Bertz CT molecular complexity index is 351. The van der Waals surface area contributed by atoms with Gasteiger partial charge in [0, 0.05) is 20.7 Å². The Balaban J connectivity index is 2.58. The predicted molar refractivity (Wildman–Crippen MR) is 66.2 cm³/mol. The first-order chi connectivity index (χ1) is 8.54. The third kappa shape index (κ3) is 4.38. The van der Waals surface area contributed by atoms with Crippen molar-refractivity contribution in [2.45, 2.75) is 19.1 Å². The summed E-state index contributed by atoms with van der Waals surface area (Å²) in [7, 11) is 3.18. The number of nitrogens with one attached hydrogen (secondary N) is 1. The lowest BCUT2D eigenvalue weighted by Crippen LogP contribution is -2.43. The van der Waals surface area contributed by atoms with Crippen LogP contribution < -0.4 is 5.32 Å². The molecular formula is C12H20N2O4. The molecule has 0 fully saturated rings. The third-order valence-corrected chi connectivity index (χ3v) is 2.40. The number of methoxy groups -OCH3 is 1. The quantitative estimate of drug-likeness (QED) is 0.796. The highest BCUT2D eigenvalue weighted by Crippen LogP contribution is 2.14. The van der Waals surface area contributed by atoms with Gasteiger partial charge >= 0.3 is 6.03 Å². The van der Waals surface area contributed by atoms with Crippen LogP contribution in [-0.4, -0.2) is 49.5 Å². The molecule has 18 heavy (non-hydrogen) atoms. The van der Waals surface area contributed by atoms with Gasteiger partial charge in [-0.3, -0.25) is 0 Å². The molecule has 0 aliphatic carbocycles. The average Bonchev–Trinajstić information content (AvgIpc) is 2.80. The molecule has 102 valence electrons. The number of likely N-dealkylation sites (N-methyl/N-ethyl adjacent to an activating group) is 1. The van der Waals surface area contributed by atoms with Crippen LogP contribution in [0, 0.1) is 0 Å². The Kier molecular flexibility index (Phi) is 5.67. The van der Waals surface area contributed by atoms with Gasteiger partial charge in [-0.1, -0.05) is 0 Å². The Hall–Kier alpha value is -1.53. The fourth-order valence-electron chi connectivity index (χ4n) is 1.59. The number of furan rings is 1. The van der Waals surface area contributed by atoms with Gasteiger partial charge < -0.3 is 24.5 Å². The summed E-state index contributed by atoms with van der Waals surface area (Å²) in [6, 6.07) is 2.91. The van der Waals surface area contributed by atoms with Gasteiger partial charge in [0.1, 0.15) is 11.8 Å². The van der Waals surface area contributed by atoms with E-state index in [9.17, 15) is 9.90 Å². The number of urea groups is 1. The molecule has 0 radical (unpaired) electrons. The third-order valence-electron chi connectivity index (χ3n) is 2.40. The highest BCUT2D eigenvalue weighted by atomic mass is 16.5. The maximum atomic E-state index is 11.9. The van der Waals surface area contributed by atoms with Gasteiger partial charge in [0.2, 0.25) is 0 Å². The summed E-state index contributed by atoms with van der Waals surface area (Å²) >= 11 is 0. The highest BCUT2D eigenvalue weighted by molar-refractivity contribution is 5.74. The number of hydrogen-bond donors (Lipinski definition) is 2. The minimum absolute atomic E-state index is 0.268. The monoisotopic (exact) mass is 256 g/mol. The van der Waals surface area contributed by atoms with Crippen LogP contribution >= 0.6 is 0 Å². The molecule has 1 aromatic rings. The maximum absolute atomic E-state index is 11.9. The summed E-state index contributed by atoms with van der Waals surface area (Å²) in [6.45, 7) is 2.22. The molecule has 0 bridgehead atoms. The van der Waals surface area contributed by atoms with Crippen LogP contribution in [0.2, 0.25) is 0 Å². The van der Waals surface area contributed by atoms with Gasteiger partial charge in [-0.2, -0.15) is 0 Å². The summed E-state index contributed by atoms with van der Waals surface area (Å²) in [5, 5.41) is 12.0. The van der Waals surface area contributed by atoms with Crippen LogP contribution in [-0.2, 0) is 4.74 Å². The molecule has 6 nitrogen and oxygen atoms in total. The molecule has 0 aromatic carbocycles. The number of amides is 2. The number of hydrogen-bond acceptors (Lipinski definition) is 4. The highest BCUT2D eigenvalue weighted by Gasteiger charge is 2.19. The molecule has 0 aliphatic heterocycles. The zero-order chi connectivity index (χ0) is 13.5. The SMILES string of the molecule is COCC(NC(=O)N(C)CC(C)O)c1ccco1. The molecule has 0 saturated heterocycles. The number of carbonyl (C=O) groups is 1. The molecule has 1 heterocycles. The maximum Gasteiger partial charge on any atom is 0.317 e. The first-order valence-corrected chi connectivity index (χ1v) is 5.76. The van der Waals surface area contributed by atoms with Crippen molar-refractivity contribution < 1.29 is 19.1 Å². The number of aliphatic hydroxyl groups is 1. The van der Waals surface area contributed by atoms with Crippen molar-refractivity contribution in [3.63, 3.8) is 0 Å². The van der Waals surface area contributed by atoms with E-state index in [0.717, 1.165) is 0 Å². The van der Waals surface area contributed by atoms with E-state index in [1.807, 2.05) is 0 Å². The normalized spacial score (nSPS) is 14.0. The van der Waals surface area contributed by atoms with E-state index in [4.69, 9.17) is 9.15 Å². The molecule has 1 rings (SSSR count). The summed E-state index contributed by atoms with van der Waals surface area (Å²) in [6.07, 6.45) is 0.981. The van der Waals surface area contributed by atoms with Crippen LogP contribution in [0.5, 0.6) is 0 Å². The van der Waals surface area contributed by atoms with Crippen molar-refractivity contribution >= 4 is 6.03 Å². The van der Waals surface area contributed by atoms with E-state index in [-0.39, 0.29) is 18.6 Å². The van der Waals surface area contributed by atoms with Gasteiger partial charge in [0.05, 0.1) is 19.0 Å². The summed E-state index contributed by atoms with van der Waals surface area (Å²) < 4.78 is 10.3. The molecule has 6 heteroatoms. The molecule has 2 atom stereocenters. The predicted octanol–water partition coefficient (Wildman–Crippen LogP) is 0.989. The molecular weight excluding hydrogens is 236 g/mol. The molecule has 0 saturated carbocycles. The first kappa shape index (κ1) is 14.5. The lowest BCUT2D eigenvalue weighted by atomic mass is 10.2. The molecule has 0 spiro atoms. The standard InChI is InChI=1S/C12H20N2O4/c1-9(15)7-14(2)12(16)13-10(8-17-3)11-5-4-6-18-11/h4-6,9-10,15H,7-8H2,1-3H3,(H,13,16). The lowest BCUT2D eigenvalue weighted by Gasteiger charge is -2.23. The topological polar surface area (TPSA) is 74.9 Å². The second-order valence-corrected chi connectivity index (χ2v) is 4.20. The Morgan fingerprint density at radius 1 is 1.67 bits per heavy atom. The van der Waals surface area contributed by atoms with E-state index in [1.165, 1.54) is 4.90 Å². The molecule has 2 amide bonds. The molecule has 0 aliphatic rings. The minimum Gasteiger partial charge on any atom is -0.467 e. The summed E-state index contributed by atoms with van der Waals surface area (Å²) in [5.74, 6) is 0.635. The van der Waals surface area contributed by atoms with Crippen molar-refractivity contribution in [3.05, 3.63) is 24.2 Å². The fraction of sp³-hybridized carbons (Fsp3) is 0.583. The smallest absolute Gasteiger partial charge is 0.317 e. The van der Waals surface area contributed by atoms with Crippen LogP contribution in [0.3, 0.4) is 0 Å². The summed E-state index contributed by atoms with van der Waals surface area (Å²) in [5.41, 5.74) is 0. The Morgan fingerprint density at radius 3 is 2.89 bits per heavy atom. The van der Waals surface area contributed by atoms with Crippen LogP contribution in [0.4, 0.5) is 4.79 Å². The molecule has 2 unspecified atom stereocenters. The van der Waals surface area contributed by atoms with Gasteiger partial charge in [0.25, 0.3) is 0 Å². The van der Waals surface area contributed by atoms with Crippen LogP contribution in [0.25, 0.3) is 0 Å². The number of carbonyl (C=O) groups excluding carboxylic acids is 1. The van der Waals surface area contributed by atoms with Gasteiger partial charge in [-0.25, -0.2) is 4.79 Å². The van der Waals surface area contributed by atoms with Gasteiger partial charge in [0.15, 0.2) is 0 Å². The number of aliphatic hydroxyl groups excluding tert-OH is 1. The van der Waals surface area contributed by atoms with Crippen molar-refractivity contribution in [1.29, 1.82) is 0 Å². The molecule has 1 aromatic heterocycles. The zero-order valence-electron chi connectivity index (χ0n) is 10.9. The van der Waals surface area contributed by atoms with Crippen LogP contribution in [0.1, 0.15) is 18.7 Å². The van der Waals surface area contributed by atoms with E-state index >= 15 is 0 Å². The second-order valence-electron chi connectivity index (χ2n) is 4.20. The minimum atomic E-state index is -0.565. The van der Waals surface area contributed by atoms with Crippen LogP contribution in [0.15, 0.2) is 22.8 Å². The van der Waals surface area contributed by atoms with Crippen molar-refractivity contribution in [2.24, 2.45) is 0 Å². The number of nitrogens with zero attached hydrogens (tertiary/aromatic N) is 1. The van der Waals surface area contributed by atoms with Gasteiger partial charge in [-0.15, -0.1) is 0 Å². The Labute approximate surface area is 107 Å². The van der Waals surface area contributed by atoms with Crippen molar-refractivity contribution in [1.82, 2.24) is 10.2 Å². The van der Waals surface area contributed by atoms with E-state index in [0.29, 0.717) is 12.4 Å². The first-order valence-electron chi connectivity index (χ1n) is 5.76. The zero-order valence-corrected chi connectivity index (χ0v) is 10.9. The molecule has 2 N–H and O–H groups in total. The van der Waals surface area contributed by atoms with E-state index in [2.05, 4.69) is 5.32 Å². The van der Waals surface area contributed by atoms with E-state index in [1.54, 1.807) is 39.5 Å². The number of ether oxygens (including phenoxy) is 1. The Morgan fingerprint density at radius 2 is 2.39 bits per heavy atom. The summed E-state index contributed by atoms with van der Waals surface area (Å²) in [4.78, 5) is 13.3. The number of rotatable bonds is 6. The van der Waals surface area contributed by atoms with Crippen molar-refractivity contribution in [2.75, 3.05) is 27.3 Å². The van der Waals surface area contributed by atoms with E-state index < -0.39 is 6.10 Å².